The zero-order valence-electron chi connectivity index (χ0n) is 47.4. The van der Waals surface area contributed by atoms with Gasteiger partial charge in [-0.15, -0.1) is 0 Å². The summed E-state index contributed by atoms with van der Waals surface area (Å²) in [7, 11) is -1.56. The van der Waals surface area contributed by atoms with Gasteiger partial charge in [-0.1, -0.05) is 231 Å². The third kappa shape index (κ3) is 8.07. The minimum atomic E-state index is -1.56. The summed E-state index contributed by atoms with van der Waals surface area (Å²) in [5.41, 5.74) is 23.0. The number of fused-ring (bicyclic) bond motifs is 12. The van der Waals surface area contributed by atoms with Crippen molar-refractivity contribution in [2.75, 3.05) is 9.80 Å². The third-order valence-electron chi connectivity index (χ3n) is 17.5. The quantitative estimate of drug-likeness (QED) is 0.120. The van der Waals surface area contributed by atoms with E-state index in [1.807, 2.05) is 0 Å². The zero-order chi connectivity index (χ0) is 55.0. The highest BCUT2D eigenvalue weighted by molar-refractivity contribution is 6.88. The molecule has 4 aromatic heterocycles. The fourth-order valence-electron chi connectivity index (χ4n) is 13.6. The summed E-state index contributed by atoms with van der Waals surface area (Å²) in [4.78, 5) is 4.97. The fourth-order valence-corrected chi connectivity index (χ4v) is 14.7. The zero-order valence-corrected chi connectivity index (χ0v) is 48.4. The highest BCUT2D eigenvalue weighted by Crippen LogP contribution is 2.56. The van der Waals surface area contributed by atoms with E-state index in [0.29, 0.717) is 11.8 Å². The van der Waals surface area contributed by atoms with Crippen LogP contribution in [0, 0.1) is 6.92 Å². The molecule has 408 valence electrons. The van der Waals surface area contributed by atoms with Crippen LogP contribution in [0.15, 0.2) is 231 Å². The SMILES string of the molecule is C.C.Cc1ccc(N(c2ccc(C(C)C)cc2)c2cccc3c2c2cccc4c5c(-c6ccccc6)c6c(c(-c7ccccc7)c5n3c24)c2cccc3c4c(N(c5ccc(C(C)C)cc5)c5ccc([Si](C)(C)C)cc5)cccc4n6c32)cc1. The van der Waals surface area contributed by atoms with Crippen LogP contribution in [0.2, 0.25) is 19.6 Å². The van der Waals surface area contributed by atoms with Gasteiger partial charge in [0.15, 0.2) is 0 Å². The molecular formula is C78H72N4Si. The Morgan fingerprint density at radius 1 is 0.337 bits per heavy atom. The van der Waals surface area contributed by atoms with Crippen LogP contribution in [0.1, 0.15) is 71.1 Å². The minimum Gasteiger partial charge on any atom is -0.310 e. The van der Waals surface area contributed by atoms with Gasteiger partial charge in [0.25, 0.3) is 0 Å². The average molecular weight is 1090 g/mol. The first kappa shape index (κ1) is 53.2. The molecule has 0 N–H and O–H groups in total. The van der Waals surface area contributed by atoms with E-state index in [9.17, 15) is 0 Å². The molecule has 0 saturated carbocycles. The van der Waals surface area contributed by atoms with Gasteiger partial charge in [0.1, 0.15) is 0 Å². The number of aromatic nitrogens is 2. The number of para-hydroxylation sites is 2. The van der Waals surface area contributed by atoms with Crippen LogP contribution in [0.3, 0.4) is 0 Å². The number of hydrogen-bond acceptors (Lipinski definition) is 2. The molecule has 4 nitrogen and oxygen atoms in total. The molecule has 15 rings (SSSR count). The molecule has 0 aliphatic rings. The number of aryl methyl sites for hydroxylation is 1. The molecule has 0 aliphatic heterocycles. The summed E-state index contributed by atoms with van der Waals surface area (Å²) in [6, 6.07) is 87.5. The summed E-state index contributed by atoms with van der Waals surface area (Å²) in [5, 5.41) is 11.4. The molecule has 11 aromatic carbocycles. The van der Waals surface area contributed by atoms with Gasteiger partial charge < -0.3 is 18.6 Å². The molecule has 0 amide bonds. The standard InChI is InChI=1S/C76H64N4Si.2CH4/c1-47(2)50-33-39-55(40-34-50)77(54-37-31-49(5)32-38-54)63-27-17-29-65-69(63)59-23-15-25-61-71-68(53-21-13-10-14-22-53)76-72(67(52-19-11-9-12-20-52)75(71)79(65)73(59)61)62-26-16-24-60-70-64(28-18-30-66(70)80(76)74(60)62)78(56-41-35-51(36-42-56)48(3)4)57-43-45-58(46-44-57)81(6,7)8;;/h9-48H,1-8H3;2*1H4. The van der Waals surface area contributed by atoms with Crippen LogP contribution < -0.4 is 15.0 Å². The van der Waals surface area contributed by atoms with Crippen molar-refractivity contribution >= 4 is 124 Å². The van der Waals surface area contributed by atoms with E-state index in [4.69, 9.17) is 0 Å². The molecule has 5 heteroatoms. The fraction of sp³-hybridized carbons (Fsp3) is 0.154. The Hall–Kier alpha value is -9.16. The van der Waals surface area contributed by atoms with Gasteiger partial charge >= 0.3 is 0 Å². The van der Waals surface area contributed by atoms with Crippen LogP contribution in [0.5, 0.6) is 0 Å². The van der Waals surface area contributed by atoms with Crippen molar-refractivity contribution in [2.45, 2.75) is 80.9 Å². The van der Waals surface area contributed by atoms with Gasteiger partial charge in [-0.3, -0.25) is 0 Å². The first-order valence-corrected chi connectivity index (χ1v) is 32.4. The molecule has 0 spiro atoms. The Bertz CT molecular complexity index is 4870. The molecular weight excluding hydrogens is 1020 g/mol. The number of benzene rings is 11. The van der Waals surface area contributed by atoms with Crippen molar-refractivity contribution < 1.29 is 0 Å². The predicted octanol–water partition coefficient (Wildman–Crippen LogP) is 22.6. The molecule has 15 aromatic rings. The van der Waals surface area contributed by atoms with Gasteiger partial charge in [-0.25, -0.2) is 0 Å². The summed E-state index contributed by atoms with van der Waals surface area (Å²) in [6.45, 7) is 18.6. The first-order chi connectivity index (χ1) is 39.4. The van der Waals surface area contributed by atoms with Crippen LogP contribution in [0.25, 0.3) is 98.4 Å². The van der Waals surface area contributed by atoms with E-state index in [2.05, 4.69) is 303 Å². The summed E-state index contributed by atoms with van der Waals surface area (Å²) in [5.74, 6) is 0.866. The maximum absolute atomic E-state index is 2.65. The normalized spacial score (nSPS) is 12.1. The minimum absolute atomic E-state index is 0. The number of rotatable bonds is 11. The van der Waals surface area contributed by atoms with E-state index in [-0.39, 0.29) is 14.9 Å². The van der Waals surface area contributed by atoms with Crippen LogP contribution in [0.4, 0.5) is 34.1 Å². The lowest BCUT2D eigenvalue weighted by Gasteiger charge is -2.28. The maximum Gasteiger partial charge on any atom is 0.0775 e. The first-order valence-electron chi connectivity index (χ1n) is 28.9. The Morgan fingerprint density at radius 2 is 0.675 bits per heavy atom. The average Bonchev–Trinajstić information content (AvgIpc) is 1.55. The molecule has 0 saturated heterocycles. The number of nitrogens with zero attached hydrogens (tertiary/aromatic N) is 4. The monoisotopic (exact) mass is 1090 g/mol. The van der Waals surface area contributed by atoms with Gasteiger partial charge in [0.2, 0.25) is 0 Å². The number of hydrogen-bond donors (Lipinski definition) is 0. The second kappa shape index (κ2) is 20.1. The van der Waals surface area contributed by atoms with Gasteiger partial charge in [-0.2, -0.15) is 0 Å². The Balaban J connectivity index is 0.00000322. The Kier molecular flexibility index (Phi) is 12.9. The molecule has 83 heavy (non-hydrogen) atoms. The van der Waals surface area contributed by atoms with Crippen LogP contribution in [-0.4, -0.2) is 16.9 Å². The predicted molar refractivity (Wildman–Crippen MR) is 365 cm³/mol. The van der Waals surface area contributed by atoms with Crippen molar-refractivity contribution in [1.29, 1.82) is 0 Å². The van der Waals surface area contributed by atoms with E-state index in [1.54, 1.807) is 0 Å². The number of anilines is 6. The highest BCUT2D eigenvalue weighted by Gasteiger charge is 2.33. The molecule has 4 heterocycles. The molecule has 0 unspecified atom stereocenters. The smallest absolute Gasteiger partial charge is 0.0775 e. The van der Waals surface area contributed by atoms with Crippen molar-refractivity contribution in [3.8, 4) is 22.3 Å². The van der Waals surface area contributed by atoms with E-state index < -0.39 is 8.07 Å². The summed E-state index contributed by atoms with van der Waals surface area (Å²) in [6.07, 6.45) is 0. The Labute approximate surface area is 489 Å². The third-order valence-corrected chi connectivity index (χ3v) is 19.6. The Morgan fingerprint density at radius 3 is 1.04 bits per heavy atom. The van der Waals surface area contributed by atoms with E-state index in [1.165, 1.54) is 126 Å². The molecule has 0 bridgehead atoms. The molecule has 0 radical (unpaired) electrons. The molecule has 0 aliphatic carbocycles. The topological polar surface area (TPSA) is 15.3 Å². The highest BCUT2D eigenvalue weighted by atomic mass is 28.3. The summed E-state index contributed by atoms with van der Waals surface area (Å²) >= 11 is 0. The van der Waals surface area contributed by atoms with Crippen molar-refractivity contribution in [2.24, 2.45) is 0 Å². The molecule has 0 fully saturated rings. The largest absolute Gasteiger partial charge is 0.310 e. The van der Waals surface area contributed by atoms with Crippen LogP contribution in [-0.2, 0) is 0 Å². The van der Waals surface area contributed by atoms with Gasteiger partial charge in [-0.05, 0) is 114 Å². The molecule has 0 atom stereocenters. The lowest BCUT2D eigenvalue weighted by Crippen LogP contribution is -2.37. The van der Waals surface area contributed by atoms with Gasteiger partial charge in [0, 0.05) is 77.0 Å². The maximum atomic E-state index is 2.65. The van der Waals surface area contributed by atoms with Crippen molar-refractivity contribution in [3.05, 3.63) is 247 Å². The van der Waals surface area contributed by atoms with Crippen molar-refractivity contribution in [1.82, 2.24) is 8.80 Å². The lowest BCUT2D eigenvalue weighted by molar-refractivity contribution is 0.866. The summed E-state index contributed by atoms with van der Waals surface area (Å²) < 4.78 is 5.29. The lowest BCUT2D eigenvalue weighted by atomic mass is 9.89. The van der Waals surface area contributed by atoms with E-state index >= 15 is 0 Å². The van der Waals surface area contributed by atoms with Crippen LogP contribution >= 0.6 is 0 Å². The second-order valence-electron chi connectivity index (χ2n) is 24.1. The second-order valence-corrected chi connectivity index (χ2v) is 29.2. The van der Waals surface area contributed by atoms with Crippen molar-refractivity contribution in [3.63, 3.8) is 0 Å². The van der Waals surface area contributed by atoms with E-state index in [0.717, 1.165) is 28.4 Å². The van der Waals surface area contributed by atoms with Gasteiger partial charge in [0.05, 0.1) is 52.5 Å².